The molecule has 0 saturated heterocycles. The zero-order chi connectivity index (χ0) is 18.5. The maximum atomic E-state index is 12.2. The summed E-state index contributed by atoms with van der Waals surface area (Å²) in [6.07, 6.45) is 0.363. The Bertz CT molecular complexity index is 706. The van der Waals surface area contributed by atoms with Gasteiger partial charge in [-0.05, 0) is 55.0 Å². The van der Waals surface area contributed by atoms with Crippen molar-refractivity contribution >= 4 is 34.8 Å². The summed E-state index contributed by atoms with van der Waals surface area (Å²) in [5, 5.41) is 1.24. The van der Waals surface area contributed by atoms with Crippen LogP contribution >= 0.6 is 23.2 Å². The Morgan fingerprint density at radius 3 is 1.50 bits per heavy atom. The minimum Gasteiger partial charge on any atom is -0.493 e. The smallest absolute Gasteiger partial charge is 0.146 e. The van der Waals surface area contributed by atoms with E-state index >= 15 is 0 Å². The van der Waals surface area contributed by atoms with E-state index in [4.69, 9.17) is 32.7 Å². The quantitative estimate of drug-likeness (QED) is 0.673. The number of carbonyl (C=O) groups is 2. The van der Waals surface area contributed by atoms with Gasteiger partial charge >= 0.3 is 0 Å². The van der Waals surface area contributed by atoms with Crippen molar-refractivity contribution < 1.29 is 19.1 Å². The molecular formula is C20H18Cl2O4. The van der Waals surface area contributed by atoms with Crippen molar-refractivity contribution in [1.29, 1.82) is 0 Å². The average Bonchev–Trinajstić information content (AvgIpc) is 2.63. The summed E-state index contributed by atoms with van der Waals surface area (Å²) in [5.74, 6) is 0.504. The van der Waals surface area contributed by atoms with E-state index in [-0.39, 0.29) is 43.0 Å². The van der Waals surface area contributed by atoms with Crippen LogP contribution in [0.3, 0.4) is 0 Å². The standard InChI is InChI=1S/C20H18Cl2O4/c21-15-1-5-17(6-2-15)25-11-13-9-14(20(24)10-19(13)23)12-26-18-7-3-16(22)4-8-18/h1-8,13-14H,9-12H2. The van der Waals surface area contributed by atoms with Gasteiger partial charge in [0.25, 0.3) is 0 Å². The predicted molar refractivity (Wildman–Crippen MR) is 100 cm³/mol. The van der Waals surface area contributed by atoms with E-state index in [1.165, 1.54) is 0 Å². The maximum absolute atomic E-state index is 12.2. The zero-order valence-corrected chi connectivity index (χ0v) is 15.5. The molecule has 0 aromatic heterocycles. The molecule has 2 aromatic carbocycles. The highest BCUT2D eigenvalue weighted by Gasteiger charge is 2.35. The van der Waals surface area contributed by atoms with Gasteiger partial charge in [0, 0.05) is 10.0 Å². The Labute approximate surface area is 162 Å². The van der Waals surface area contributed by atoms with Crippen molar-refractivity contribution in [3.63, 3.8) is 0 Å². The minimum atomic E-state index is -0.317. The number of carbonyl (C=O) groups excluding carboxylic acids is 2. The zero-order valence-electron chi connectivity index (χ0n) is 14.0. The van der Waals surface area contributed by atoms with Crippen molar-refractivity contribution in [2.75, 3.05) is 13.2 Å². The lowest BCUT2D eigenvalue weighted by atomic mass is 9.80. The molecule has 0 heterocycles. The normalized spacial score (nSPS) is 20.1. The van der Waals surface area contributed by atoms with E-state index in [1.807, 2.05) is 0 Å². The number of hydrogen-bond donors (Lipinski definition) is 0. The molecule has 1 saturated carbocycles. The van der Waals surface area contributed by atoms with Gasteiger partial charge in [0.2, 0.25) is 0 Å². The highest BCUT2D eigenvalue weighted by atomic mass is 35.5. The van der Waals surface area contributed by atoms with Gasteiger partial charge < -0.3 is 9.47 Å². The lowest BCUT2D eigenvalue weighted by molar-refractivity contribution is -0.137. The molecule has 0 aliphatic heterocycles. The summed E-state index contributed by atoms with van der Waals surface area (Å²) < 4.78 is 11.4. The van der Waals surface area contributed by atoms with Crippen molar-refractivity contribution in [3.05, 3.63) is 58.6 Å². The molecule has 1 fully saturated rings. The van der Waals surface area contributed by atoms with E-state index in [2.05, 4.69) is 0 Å². The number of rotatable bonds is 6. The third kappa shape index (κ3) is 4.99. The van der Waals surface area contributed by atoms with Crippen LogP contribution in [-0.4, -0.2) is 24.8 Å². The van der Waals surface area contributed by atoms with Gasteiger partial charge in [-0.25, -0.2) is 0 Å². The van der Waals surface area contributed by atoms with E-state index in [0.717, 1.165) is 0 Å². The summed E-state index contributed by atoms with van der Waals surface area (Å²) in [7, 11) is 0. The molecule has 2 unspecified atom stereocenters. The van der Waals surface area contributed by atoms with Crippen LogP contribution in [0.25, 0.3) is 0 Å². The third-order valence-corrected chi connectivity index (χ3v) is 4.86. The minimum absolute atomic E-state index is 0.0662. The molecule has 0 bridgehead atoms. The number of hydrogen-bond acceptors (Lipinski definition) is 4. The Balaban J connectivity index is 1.55. The van der Waals surface area contributed by atoms with Crippen LogP contribution in [0, 0.1) is 11.8 Å². The van der Waals surface area contributed by atoms with Crippen LogP contribution in [0.1, 0.15) is 12.8 Å². The molecule has 2 aromatic rings. The maximum Gasteiger partial charge on any atom is 0.146 e. The van der Waals surface area contributed by atoms with Crippen molar-refractivity contribution in [2.45, 2.75) is 12.8 Å². The molecule has 136 valence electrons. The second-order valence-corrected chi connectivity index (χ2v) is 7.14. The molecule has 26 heavy (non-hydrogen) atoms. The third-order valence-electron chi connectivity index (χ3n) is 4.36. The largest absolute Gasteiger partial charge is 0.493 e. The van der Waals surface area contributed by atoms with E-state index in [0.29, 0.717) is 28.0 Å². The van der Waals surface area contributed by atoms with E-state index in [9.17, 15) is 9.59 Å². The molecule has 2 atom stereocenters. The molecule has 0 radical (unpaired) electrons. The topological polar surface area (TPSA) is 52.6 Å². The van der Waals surface area contributed by atoms with Gasteiger partial charge in [0.15, 0.2) is 0 Å². The summed E-state index contributed by atoms with van der Waals surface area (Å²) in [6.45, 7) is 0.483. The van der Waals surface area contributed by atoms with E-state index in [1.54, 1.807) is 48.5 Å². The van der Waals surface area contributed by atoms with Crippen LogP contribution < -0.4 is 9.47 Å². The second-order valence-electron chi connectivity index (χ2n) is 6.27. The van der Waals surface area contributed by atoms with Crippen LogP contribution in [0.4, 0.5) is 0 Å². The monoisotopic (exact) mass is 392 g/mol. The molecule has 4 nitrogen and oxygen atoms in total. The van der Waals surface area contributed by atoms with Crippen LogP contribution in [0.5, 0.6) is 11.5 Å². The lowest BCUT2D eigenvalue weighted by Crippen LogP contribution is -2.38. The molecule has 3 rings (SSSR count). The summed E-state index contributed by atoms with van der Waals surface area (Å²) in [4.78, 5) is 24.3. The van der Waals surface area contributed by atoms with Gasteiger partial charge in [-0.2, -0.15) is 0 Å². The first-order chi connectivity index (χ1) is 12.5. The Hall–Kier alpha value is -2.04. The lowest BCUT2D eigenvalue weighted by Gasteiger charge is -2.27. The number of ketones is 2. The van der Waals surface area contributed by atoms with Gasteiger partial charge in [-0.1, -0.05) is 23.2 Å². The van der Waals surface area contributed by atoms with Crippen molar-refractivity contribution in [1.82, 2.24) is 0 Å². The van der Waals surface area contributed by atoms with Gasteiger partial charge in [0.1, 0.15) is 23.1 Å². The molecule has 0 N–H and O–H groups in total. The highest BCUT2D eigenvalue weighted by Crippen LogP contribution is 2.27. The predicted octanol–water partition coefficient (Wildman–Crippen LogP) is 4.62. The molecule has 6 heteroatoms. The molecule has 0 amide bonds. The number of Topliss-reactive ketones (excluding diaryl/α,β-unsaturated/α-hetero) is 2. The first kappa shape index (κ1) is 18.7. The molecule has 0 spiro atoms. The van der Waals surface area contributed by atoms with Crippen molar-refractivity contribution in [2.24, 2.45) is 11.8 Å². The highest BCUT2D eigenvalue weighted by molar-refractivity contribution is 6.30. The summed E-state index contributed by atoms with van der Waals surface area (Å²) >= 11 is 11.7. The Morgan fingerprint density at radius 2 is 1.12 bits per heavy atom. The Morgan fingerprint density at radius 1 is 0.731 bits per heavy atom. The number of benzene rings is 2. The first-order valence-electron chi connectivity index (χ1n) is 8.33. The van der Waals surface area contributed by atoms with Crippen molar-refractivity contribution in [3.8, 4) is 11.5 Å². The molecule has 1 aliphatic rings. The molecule has 1 aliphatic carbocycles. The van der Waals surface area contributed by atoms with Crippen LogP contribution in [0.15, 0.2) is 48.5 Å². The summed E-state index contributed by atoms with van der Waals surface area (Å²) in [6, 6.07) is 13.9. The summed E-state index contributed by atoms with van der Waals surface area (Å²) in [5.41, 5.74) is 0. The van der Waals surface area contributed by atoms with Gasteiger partial charge in [-0.3, -0.25) is 9.59 Å². The number of ether oxygens (including phenoxy) is 2. The first-order valence-corrected chi connectivity index (χ1v) is 9.09. The molecular weight excluding hydrogens is 375 g/mol. The van der Waals surface area contributed by atoms with Crippen LogP contribution in [0.2, 0.25) is 10.0 Å². The fourth-order valence-electron chi connectivity index (χ4n) is 2.84. The fraction of sp³-hybridized carbons (Fsp3) is 0.300. The fourth-order valence-corrected chi connectivity index (χ4v) is 3.10. The average molecular weight is 393 g/mol. The second kappa shape index (κ2) is 8.56. The van der Waals surface area contributed by atoms with Gasteiger partial charge in [0.05, 0.1) is 31.5 Å². The Kier molecular flexibility index (Phi) is 6.17. The SMILES string of the molecule is O=C1CC(=O)C(COc2ccc(Cl)cc2)CC1COc1ccc(Cl)cc1. The van der Waals surface area contributed by atoms with Crippen LogP contribution in [-0.2, 0) is 9.59 Å². The number of halogens is 2. The van der Waals surface area contributed by atoms with Gasteiger partial charge in [-0.15, -0.1) is 0 Å². The van der Waals surface area contributed by atoms with E-state index < -0.39 is 0 Å².